The zero-order valence-corrected chi connectivity index (χ0v) is 16.5. The molecule has 2 aliphatic heterocycles. The molecule has 6 rings (SSSR count). The molecule has 4 heterocycles. The van der Waals surface area contributed by atoms with E-state index in [0.717, 1.165) is 22.0 Å². The number of hydrogen-bond acceptors (Lipinski definition) is 5. The topological polar surface area (TPSA) is 81.4 Å². The average Bonchev–Trinajstić information content (AvgIpc) is 3.14. The van der Waals surface area contributed by atoms with Crippen LogP contribution in [0.3, 0.4) is 0 Å². The molecule has 2 aromatic heterocycles. The highest BCUT2D eigenvalue weighted by atomic mass is 16.6. The van der Waals surface area contributed by atoms with Crippen molar-refractivity contribution in [3.05, 3.63) is 99.3 Å². The van der Waals surface area contributed by atoms with E-state index in [-0.39, 0.29) is 18.6 Å². The summed E-state index contributed by atoms with van der Waals surface area (Å²) >= 11 is 0. The Bertz CT molecular complexity index is 1440. The van der Waals surface area contributed by atoms with E-state index in [1.165, 1.54) is 0 Å². The van der Waals surface area contributed by atoms with Crippen molar-refractivity contribution in [3.63, 3.8) is 0 Å². The van der Waals surface area contributed by atoms with Crippen molar-refractivity contribution in [1.29, 1.82) is 0 Å². The number of rotatable bonds is 2. The largest absolute Gasteiger partial charge is 0.458 e. The first-order valence-electron chi connectivity index (χ1n) is 10.1. The molecule has 0 fully saturated rings. The number of benzene rings is 2. The maximum absolute atomic E-state index is 13.3. The number of carbonyl (C=O) groups excluding carboxylic acids is 1. The molecule has 152 valence electrons. The summed E-state index contributed by atoms with van der Waals surface area (Å²) in [6.45, 7) is 0.260. The van der Waals surface area contributed by atoms with Gasteiger partial charge in [0.1, 0.15) is 6.61 Å². The Hall–Kier alpha value is -3.77. The molecule has 6 heteroatoms. The molecular weight excluding hydrogens is 392 g/mol. The smallest absolute Gasteiger partial charge is 0.343 e. The first-order valence-corrected chi connectivity index (χ1v) is 10.1. The van der Waals surface area contributed by atoms with Gasteiger partial charge < -0.3 is 14.4 Å². The summed E-state index contributed by atoms with van der Waals surface area (Å²) in [7, 11) is 0. The number of aliphatic hydroxyl groups is 1. The summed E-state index contributed by atoms with van der Waals surface area (Å²) in [5.41, 5.74) is 2.32. The number of pyridine rings is 2. The molecule has 6 nitrogen and oxygen atoms in total. The van der Waals surface area contributed by atoms with Crippen LogP contribution in [0, 0.1) is 0 Å². The van der Waals surface area contributed by atoms with Gasteiger partial charge in [-0.3, -0.25) is 4.79 Å². The van der Waals surface area contributed by atoms with E-state index in [1.54, 1.807) is 10.6 Å². The molecule has 2 aromatic carbocycles. The fraction of sp³-hybridized carbons (Fsp3) is 0.160. The first kappa shape index (κ1) is 18.0. The summed E-state index contributed by atoms with van der Waals surface area (Å²) in [5, 5.41) is 12.5. The fourth-order valence-corrected chi connectivity index (χ4v) is 4.65. The van der Waals surface area contributed by atoms with Crippen LogP contribution in [-0.4, -0.2) is 20.6 Å². The third-order valence-electron chi connectivity index (χ3n) is 6.21. The highest BCUT2D eigenvalue weighted by Crippen LogP contribution is 2.38. The SMILES string of the molecule is O=C1OCc2c(cc3n(c2=O)Cc2cc4ccccc4nc2-3)[C@@]1(O)Cc1ccccc1. The second kappa shape index (κ2) is 6.36. The predicted octanol–water partition coefficient (Wildman–Crippen LogP) is 2.91. The minimum atomic E-state index is -1.93. The predicted molar refractivity (Wildman–Crippen MR) is 114 cm³/mol. The van der Waals surface area contributed by atoms with Gasteiger partial charge in [0, 0.05) is 22.9 Å². The number of fused-ring (bicyclic) bond motifs is 5. The molecule has 0 spiro atoms. The minimum absolute atomic E-state index is 0.0283. The van der Waals surface area contributed by atoms with Gasteiger partial charge in [0.05, 0.1) is 29.0 Å². The van der Waals surface area contributed by atoms with E-state index in [1.807, 2.05) is 60.7 Å². The number of ether oxygens (including phenoxy) is 1. The second-order valence-corrected chi connectivity index (χ2v) is 8.10. The zero-order valence-electron chi connectivity index (χ0n) is 16.5. The van der Waals surface area contributed by atoms with E-state index in [9.17, 15) is 14.7 Å². The number of cyclic esters (lactones) is 1. The lowest BCUT2D eigenvalue weighted by atomic mass is 9.83. The Morgan fingerprint density at radius 2 is 1.81 bits per heavy atom. The Morgan fingerprint density at radius 1 is 1.03 bits per heavy atom. The molecule has 2 aliphatic rings. The summed E-state index contributed by atoms with van der Waals surface area (Å²) in [4.78, 5) is 30.8. The van der Waals surface area contributed by atoms with Crippen LogP contribution in [-0.2, 0) is 34.7 Å². The Labute approximate surface area is 177 Å². The van der Waals surface area contributed by atoms with Gasteiger partial charge in [-0.25, -0.2) is 9.78 Å². The molecule has 0 radical (unpaired) electrons. The maximum atomic E-state index is 13.3. The van der Waals surface area contributed by atoms with E-state index in [0.29, 0.717) is 29.1 Å². The number of esters is 1. The van der Waals surface area contributed by atoms with E-state index < -0.39 is 11.6 Å². The highest BCUT2D eigenvalue weighted by molar-refractivity contribution is 5.86. The normalized spacial score (nSPS) is 18.9. The van der Waals surface area contributed by atoms with Crippen molar-refractivity contribution in [2.45, 2.75) is 25.2 Å². The average molecular weight is 410 g/mol. The molecule has 0 amide bonds. The molecule has 1 N–H and O–H groups in total. The summed E-state index contributed by atoms with van der Waals surface area (Å²) < 4.78 is 6.91. The monoisotopic (exact) mass is 410 g/mol. The van der Waals surface area contributed by atoms with Gasteiger partial charge in [0.25, 0.3) is 5.56 Å². The van der Waals surface area contributed by atoms with E-state index in [2.05, 4.69) is 0 Å². The third kappa shape index (κ3) is 2.58. The highest BCUT2D eigenvalue weighted by Gasteiger charge is 2.46. The summed E-state index contributed by atoms with van der Waals surface area (Å²) in [5.74, 6) is -0.738. The van der Waals surface area contributed by atoms with E-state index >= 15 is 0 Å². The standard InChI is InChI=1S/C25H18N2O4/c28-23-18-14-31-24(29)25(30,12-15-6-2-1-3-7-15)19(18)11-21-22-17(13-27(21)23)10-16-8-4-5-9-20(16)26-22/h1-11,30H,12-14H2/t25-/m0/s1. The van der Waals surface area contributed by atoms with Crippen molar-refractivity contribution in [2.75, 3.05) is 0 Å². The van der Waals surface area contributed by atoms with Crippen molar-refractivity contribution >= 4 is 16.9 Å². The van der Waals surface area contributed by atoms with Crippen LogP contribution in [0.1, 0.15) is 22.3 Å². The third-order valence-corrected chi connectivity index (χ3v) is 6.21. The number of aromatic nitrogens is 2. The molecule has 0 aliphatic carbocycles. The number of para-hydroxylation sites is 1. The summed E-state index contributed by atoms with van der Waals surface area (Å²) in [6, 6.07) is 20.8. The molecule has 0 saturated carbocycles. The second-order valence-electron chi connectivity index (χ2n) is 8.10. The van der Waals surface area contributed by atoms with Crippen molar-refractivity contribution in [3.8, 4) is 11.4 Å². The van der Waals surface area contributed by atoms with Gasteiger partial charge in [-0.15, -0.1) is 0 Å². The van der Waals surface area contributed by atoms with Gasteiger partial charge in [0.15, 0.2) is 5.60 Å². The maximum Gasteiger partial charge on any atom is 0.343 e. The number of carbonyl (C=O) groups is 1. The van der Waals surface area contributed by atoms with Crippen LogP contribution >= 0.6 is 0 Å². The van der Waals surface area contributed by atoms with Crippen LogP contribution in [0.2, 0.25) is 0 Å². The van der Waals surface area contributed by atoms with Crippen molar-refractivity contribution in [1.82, 2.24) is 9.55 Å². The van der Waals surface area contributed by atoms with Crippen LogP contribution < -0.4 is 5.56 Å². The van der Waals surface area contributed by atoms with Gasteiger partial charge >= 0.3 is 5.97 Å². The van der Waals surface area contributed by atoms with Crippen molar-refractivity contribution in [2.24, 2.45) is 0 Å². The molecule has 4 aromatic rings. The minimum Gasteiger partial charge on any atom is -0.458 e. The quantitative estimate of drug-likeness (QED) is 0.453. The number of hydrogen-bond donors (Lipinski definition) is 1. The Morgan fingerprint density at radius 3 is 2.65 bits per heavy atom. The first-order chi connectivity index (χ1) is 15.0. The Kier molecular flexibility index (Phi) is 3.70. The lowest BCUT2D eigenvalue weighted by molar-refractivity contribution is -0.171. The number of nitrogens with zero attached hydrogens (tertiary/aromatic N) is 2. The van der Waals surface area contributed by atoms with Gasteiger partial charge in [-0.05, 0) is 23.8 Å². The van der Waals surface area contributed by atoms with Crippen LogP contribution in [0.25, 0.3) is 22.3 Å². The van der Waals surface area contributed by atoms with Gasteiger partial charge in [0.2, 0.25) is 0 Å². The van der Waals surface area contributed by atoms with Gasteiger partial charge in [-0.1, -0.05) is 48.5 Å². The van der Waals surface area contributed by atoms with Gasteiger partial charge in [-0.2, -0.15) is 0 Å². The summed E-state index contributed by atoms with van der Waals surface area (Å²) in [6.07, 6.45) is 0.0283. The van der Waals surface area contributed by atoms with Crippen LogP contribution in [0.5, 0.6) is 0 Å². The molecule has 1 atom stereocenters. The Balaban J connectivity index is 1.57. The molecule has 0 saturated heterocycles. The molecule has 31 heavy (non-hydrogen) atoms. The molecule has 0 unspecified atom stereocenters. The van der Waals surface area contributed by atoms with Crippen LogP contribution in [0.4, 0.5) is 0 Å². The lowest BCUT2D eigenvalue weighted by Crippen LogP contribution is -2.46. The van der Waals surface area contributed by atoms with Crippen molar-refractivity contribution < 1.29 is 14.6 Å². The lowest BCUT2D eigenvalue weighted by Gasteiger charge is -2.32. The van der Waals surface area contributed by atoms with E-state index in [4.69, 9.17) is 9.72 Å². The van der Waals surface area contributed by atoms with Crippen LogP contribution in [0.15, 0.2) is 71.5 Å². The molecule has 0 bridgehead atoms. The zero-order chi connectivity index (χ0) is 21.2. The fourth-order valence-electron chi connectivity index (χ4n) is 4.65. The molecular formula is C25H18N2O4.